The van der Waals surface area contributed by atoms with E-state index < -0.39 is 11.9 Å². The Bertz CT molecular complexity index is 591. The zero-order chi connectivity index (χ0) is 14.9. The van der Waals surface area contributed by atoms with Crippen LogP contribution in [-0.2, 0) is 19.6 Å². The molecule has 0 aliphatic heterocycles. The second-order valence-corrected chi connectivity index (χ2v) is 5.62. The fourth-order valence-electron chi connectivity index (χ4n) is 1.80. The van der Waals surface area contributed by atoms with Crippen LogP contribution >= 0.6 is 11.3 Å². The normalized spacial score (nSPS) is 13.7. The van der Waals surface area contributed by atoms with E-state index >= 15 is 0 Å². The first-order valence-corrected chi connectivity index (χ1v) is 6.69. The molecule has 0 aliphatic rings. The van der Waals surface area contributed by atoms with Gasteiger partial charge in [0.1, 0.15) is 11.4 Å². The van der Waals surface area contributed by atoms with Gasteiger partial charge in [-0.1, -0.05) is 0 Å². The van der Waals surface area contributed by atoms with Gasteiger partial charge in [0, 0.05) is 18.0 Å². The molecule has 2 aromatic heterocycles. The number of aryl methyl sites for hydroxylation is 1. The van der Waals surface area contributed by atoms with Crippen LogP contribution in [0.3, 0.4) is 0 Å². The highest BCUT2D eigenvalue weighted by Gasteiger charge is 2.35. The van der Waals surface area contributed by atoms with Crippen LogP contribution in [0.2, 0.25) is 0 Å². The van der Waals surface area contributed by atoms with Gasteiger partial charge in [0.15, 0.2) is 0 Å². The van der Waals surface area contributed by atoms with Gasteiger partial charge in [-0.2, -0.15) is 18.3 Å². The molecule has 0 aliphatic carbocycles. The van der Waals surface area contributed by atoms with E-state index in [0.29, 0.717) is 11.3 Å². The molecule has 8 heteroatoms. The van der Waals surface area contributed by atoms with Gasteiger partial charge in [0.05, 0.1) is 11.5 Å². The summed E-state index contributed by atoms with van der Waals surface area (Å²) in [7, 11) is 1.27. The van der Waals surface area contributed by atoms with Gasteiger partial charge in [0.25, 0.3) is 0 Å². The Hall–Kier alpha value is -1.38. The maximum absolute atomic E-state index is 12.7. The van der Waals surface area contributed by atoms with Crippen molar-refractivity contribution in [2.24, 2.45) is 12.8 Å². The van der Waals surface area contributed by atoms with E-state index in [1.165, 1.54) is 18.4 Å². The summed E-state index contributed by atoms with van der Waals surface area (Å²) in [5, 5.41) is 12.8. The van der Waals surface area contributed by atoms with Crippen LogP contribution in [0.4, 0.5) is 13.2 Å². The molecule has 2 rings (SSSR count). The van der Waals surface area contributed by atoms with Crippen molar-refractivity contribution < 1.29 is 18.3 Å². The number of hydrogen-bond acceptors (Lipinski definition) is 4. The first-order valence-electron chi connectivity index (χ1n) is 5.88. The molecule has 110 valence electrons. The largest absolute Gasteiger partial charge is 0.433 e. The van der Waals surface area contributed by atoms with Gasteiger partial charge in [-0.15, -0.1) is 11.3 Å². The summed E-state index contributed by atoms with van der Waals surface area (Å²) in [5.74, 6) is 0. The van der Waals surface area contributed by atoms with E-state index in [2.05, 4.69) is 5.10 Å². The van der Waals surface area contributed by atoms with Gasteiger partial charge < -0.3 is 10.8 Å². The predicted octanol–water partition coefficient (Wildman–Crippen LogP) is 2.03. The zero-order valence-corrected chi connectivity index (χ0v) is 11.5. The number of rotatable bonds is 4. The molecule has 0 radical (unpaired) electrons. The molecule has 0 saturated heterocycles. The second kappa shape index (κ2) is 5.55. The fourth-order valence-corrected chi connectivity index (χ4v) is 2.86. The topological polar surface area (TPSA) is 64.1 Å². The third-order valence-electron chi connectivity index (χ3n) is 2.78. The number of alkyl halides is 3. The summed E-state index contributed by atoms with van der Waals surface area (Å²) >= 11 is 1.33. The van der Waals surface area contributed by atoms with Crippen molar-refractivity contribution in [1.82, 2.24) is 9.78 Å². The molecule has 1 unspecified atom stereocenters. The van der Waals surface area contributed by atoms with Crippen molar-refractivity contribution in [3.8, 4) is 10.6 Å². The van der Waals surface area contributed by atoms with E-state index in [1.807, 2.05) is 0 Å². The third-order valence-corrected chi connectivity index (χ3v) is 3.91. The molecule has 0 bridgehead atoms. The standard InChI is InChI=1S/C12H14F3N3OS/c1-18-11(12(13,14)15)5-9(17-18)10-3-2-8(20-10)4-7(16)6-19/h2-3,5,7,19H,4,6,16H2,1H3. The lowest BCUT2D eigenvalue weighted by molar-refractivity contribution is -0.143. The fraction of sp³-hybridized carbons (Fsp3) is 0.417. The highest BCUT2D eigenvalue weighted by molar-refractivity contribution is 7.15. The molecule has 0 aromatic carbocycles. The number of nitrogens with two attached hydrogens (primary N) is 1. The number of thiophene rings is 1. The molecule has 0 amide bonds. The van der Waals surface area contributed by atoms with Crippen molar-refractivity contribution in [2.75, 3.05) is 6.61 Å². The monoisotopic (exact) mass is 305 g/mol. The first-order chi connectivity index (χ1) is 9.31. The number of aliphatic hydroxyl groups is 1. The number of nitrogens with zero attached hydrogens (tertiary/aromatic N) is 2. The lowest BCUT2D eigenvalue weighted by Crippen LogP contribution is -2.26. The van der Waals surface area contributed by atoms with Crippen LogP contribution in [0.5, 0.6) is 0 Å². The number of halogens is 3. The van der Waals surface area contributed by atoms with Crippen LogP contribution in [0, 0.1) is 0 Å². The highest BCUT2D eigenvalue weighted by atomic mass is 32.1. The molecule has 0 spiro atoms. The van der Waals surface area contributed by atoms with E-state index in [0.717, 1.165) is 15.6 Å². The Balaban J connectivity index is 2.25. The van der Waals surface area contributed by atoms with Gasteiger partial charge in [-0.3, -0.25) is 4.68 Å². The number of aromatic nitrogens is 2. The van der Waals surface area contributed by atoms with Crippen molar-refractivity contribution in [1.29, 1.82) is 0 Å². The summed E-state index contributed by atoms with van der Waals surface area (Å²) in [6, 6.07) is 4.17. The minimum absolute atomic E-state index is 0.130. The van der Waals surface area contributed by atoms with Gasteiger partial charge in [0.2, 0.25) is 0 Å². The molecule has 2 heterocycles. The van der Waals surface area contributed by atoms with Crippen LogP contribution in [0.1, 0.15) is 10.6 Å². The summed E-state index contributed by atoms with van der Waals surface area (Å²) < 4.78 is 38.9. The maximum atomic E-state index is 12.7. The summed E-state index contributed by atoms with van der Waals surface area (Å²) in [4.78, 5) is 1.55. The average molecular weight is 305 g/mol. The average Bonchev–Trinajstić information content (AvgIpc) is 2.94. The minimum Gasteiger partial charge on any atom is -0.395 e. The van der Waals surface area contributed by atoms with Crippen molar-refractivity contribution in [3.63, 3.8) is 0 Å². The van der Waals surface area contributed by atoms with Crippen LogP contribution < -0.4 is 5.73 Å². The van der Waals surface area contributed by atoms with Gasteiger partial charge in [-0.05, 0) is 24.6 Å². The Morgan fingerprint density at radius 2 is 2.15 bits per heavy atom. The van der Waals surface area contributed by atoms with Crippen molar-refractivity contribution in [2.45, 2.75) is 18.6 Å². The smallest absolute Gasteiger partial charge is 0.395 e. The molecule has 0 saturated carbocycles. The van der Waals surface area contributed by atoms with E-state index in [-0.39, 0.29) is 18.3 Å². The van der Waals surface area contributed by atoms with E-state index in [4.69, 9.17) is 10.8 Å². The molecule has 2 aromatic rings. The quantitative estimate of drug-likeness (QED) is 0.908. The molecule has 0 fully saturated rings. The van der Waals surface area contributed by atoms with Crippen molar-refractivity contribution >= 4 is 11.3 Å². The van der Waals surface area contributed by atoms with Crippen LogP contribution in [-0.4, -0.2) is 27.5 Å². The summed E-state index contributed by atoms with van der Waals surface area (Å²) in [6.45, 7) is -0.130. The Morgan fingerprint density at radius 1 is 1.45 bits per heavy atom. The van der Waals surface area contributed by atoms with Gasteiger partial charge >= 0.3 is 6.18 Å². The minimum atomic E-state index is -4.42. The molecule has 3 N–H and O–H groups in total. The van der Waals surface area contributed by atoms with Gasteiger partial charge in [-0.25, -0.2) is 0 Å². The van der Waals surface area contributed by atoms with E-state index in [9.17, 15) is 13.2 Å². The third kappa shape index (κ3) is 3.20. The highest BCUT2D eigenvalue weighted by Crippen LogP contribution is 2.34. The summed E-state index contributed by atoms with van der Waals surface area (Å²) in [6.07, 6.45) is -3.93. The number of hydrogen-bond donors (Lipinski definition) is 2. The Kier molecular flexibility index (Phi) is 4.17. The second-order valence-electron chi connectivity index (χ2n) is 4.45. The lowest BCUT2D eigenvalue weighted by Gasteiger charge is -2.04. The molecule has 4 nitrogen and oxygen atoms in total. The number of aliphatic hydroxyl groups excluding tert-OH is 1. The van der Waals surface area contributed by atoms with E-state index in [1.54, 1.807) is 12.1 Å². The van der Waals surface area contributed by atoms with Crippen LogP contribution in [0.15, 0.2) is 18.2 Å². The molecular formula is C12H14F3N3OS. The maximum Gasteiger partial charge on any atom is 0.433 e. The SMILES string of the molecule is Cn1nc(-c2ccc(CC(N)CO)s2)cc1C(F)(F)F. The summed E-state index contributed by atoms with van der Waals surface area (Å²) in [5.41, 5.74) is 5.13. The zero-order valence-electron chi connectivity index (χ0n) is 10.7. The molecule has 1 atom stereocenters. The Labute approximate surface area is 117 Å². The molecule has 20 heavy (non-hydrogen) atoms. The Morgan fingerprint density at radius 3 is 2.70 bits per heavy atom. The lowest BCUT2D eigenvalue weighted by atomic mass is 10.2. The predicted molar refractivity (Wildman–Crippen MR) is 70.3 cm³/mol. The first kappa shape index (κ1) is 15.0. The molecular weight excluding hydrogens is 291 g/mol. The van der Waals surface area contributed by atoms with Crippen molar-refractivity contribution in [3.05, 3.63) is 28.8 Å². The van der Waals surface area contributed by atoms with Crippen LogP contribution in [0.25, 0.3) is 10.6 Å².